The van der Waals surface area contributed by atoms with Gasteiger partial charge in [0.2, 0.25) is 0 Å². The first-order valence-corrected chi connectivity index (χ1v) is 7.07. The zero-order valence-electron chi connectivity index (χ0n) is 13.4. The van der Waals surface area contributed by atoms with Gasteiger partial charge in [0, 0.05) is 19.7 Å². The van der Waals surface area contributed by atoms with Gasteiger partial charge < -0.3 is 14.4 Å². The van der Waals surface area contributed by atoms with E-state index in [9.17, 15) is 10.1 Å². The number of anilines is 1. The first kappa shape index (κ1) is 16.5. The Kier molecular flexibility index (Phi) is 5.35. The third kappa shape index (κ3) is 4.09. The zero-order valence-corrected chi connectivity index (χ0v) is 13.4. The standard InChI is InChI=1S/C16H19N3O4/c1-18(16-7-5-13(11-17-16)19(20)21)9-8-12-4-6-14(22-2)15(10-12)23-3/h4-7,10-11H,8-9H2,1-3H3. The van der Waals surface area contributed by atoms with E-state index in [2.05, 4.69) is 4.98 Å². The molecule has 0 bridgehead atoms. The highest BCUT2D eigenvalue weighted by Crippen LogP contribution is 2.27. The van der Waals surface area contributed by atoms with Crippen LogP contribution in [-0.2, 0) is 6.42 Å². The smallest absolute Gasteiger partial charge is 0.287 e. The van der Waals surface area contributed by atoms with Crippen molar-refractivity contribution in [2.24, 2.45) is 0 Å². The minimum atomic E-state index is -0.458. The molecule has 7 nitrogen and oxygen atoms in total. The second-order valence-electron chi connectivity index (χ2n) is 4.99. The van der Waals surface area contributed by atoms with E-state index in [4.69, 9.17) is 9.47 Å². The molecule has 0 radical (unpaired) electrons. The van der Waals surface area contributed by atoms with Crippen molar-refractivity contribution in [1.29, 1.82) is 0 Å². The summed E-state index contributed by atoms with van der Waals surface area (Å²) in [5.74, 6) is 2.08. The van der Waals surface area contributed by atoms with Crippen LogP contribution in [0.4, 0.5) is 11.5 Å². The average Bonchev–Trinajstić information content (AvgIpc) is 2.59. The number of likely N-dealkylation sites (N-methyl/N-ethyl adjacent to an activating group) is 1. The Morgan fingerprint density at radius 3 is 2.48 bits per heavy atom. The molecule has 1 aromatic heterocycles. The highest BCUT2D eigenvalue weighted by molar-refractivity contribution is 5.44. The van der Waals surface area contributed by atoms with Crippen molar-refractivity contribution in [2.45, 2.75) is 6.42 Å². The summed E-state index contributed by atoms with van der Waals surface area (Å²) in [6.07, 6.45) is 2.05. The van der Waals surface area contributed by atoms with E-state index in [0.717, 1.165) is 18.5 Å². The van der Waals surface area contributed by atoms with Crippen molar-refractivity contribution < 1.29 is 14.4 Å². The molecule has 1 aromatic carbocycles. The molecular formula is C16H19N3O4. The number of nitrogens with zero attached hydrogens (tertiary/aromatic N) is 3. The Bertz CT molecular complexity index is 674. The Labute approximate surface area is 134 Å². The van der Waals surface area contributed by atoms with Gasteiger partial charge in [0.15, 0.2) is 11.5 Å². The molecule has 23 heavy (non-hydrogen) atoms. The van der Waals surface area contributed by atoms with E-state index in [1.54, 1.807) is 20.3 Å². The van der Waals surface area contributed by atoms with Crippen molar-refractivity contribution in [2.75, 3.05) is 32.7 Å². The fraction of sp³-hybridized carbons (Fsp3) is 0.312. The molecule has 0 saturated carbocycles. The maximum Gasteiger partial charge on any atom is 0.287 e. The summed E-state index contributed by atoms with van der Waals surface area (Å²) < 4.78 is 10.5. The Morgan fingerprint density at radius 2 is 1.91 bits per heavy atom. The van der Waals surface area contributed by atoms with Crippen LogP contribution >= 0.6 is 0 Å². The largest absolute Gasteiger partial charge is 0.493 e. The molecule has 0 fully saturated rings. The first-order chi connectivity index (χ1) is 11.0. The Hall–Kier alpha value is -2.83. The fourth-order valence-electron chi connectivity index (χ4n) is 2.16. The number of pyridine rings is 1. The van der Waals surface area contributed by atoms with E-state index in [1.807, 2.05) is 30.1 Å². The summed E-state index contributed by atoms with van der Waals surface area (Å²) in [6.45, 7) is 0.723. The monoisotopic (exact) mass is 317 g/mol. The number of benzene rings is 1. The van der Waals surface area contributed by atoms with Crippen molar-refractivity contribution in [3.05, 3.63) is 52.2 Å². The molecule has 0 saturated heterocycles. The Morgan fingerprint density at radius 1 is 1.17 bits per heavy atom. The van der Waals surface area contributed by atoms with Gasteiger partial charge in [-0.05, 0) is 30.2 Å². The fourth-order valence-corrected chi connectivity index (χ4v) is 2.16. The molecule has 0 aliphatic carbocycles. The van der Waals surface area contributed by atoms with Crippen LogP contribution in [0.3, 0.4) is 0 Å². The number of rotatable bonds is 7. The quantitative estimate of drug-likeness (QED) is 0.577. The van der Waals surface area contributed by atoms with Gasteiger partial charge in [0.1, 0.15) is 12.0 Å². The summed E-state index contributed by atoms with van der Waals surface area (Å²) in [5.41, 5.74) is 1.10. The molecule has 0 amide bonds. The highest BCUT2D eigenvalue weighted by Gasteiger charge is 2.09. The summed E-state index contributed by atoms with van der Waals surface area (Å²) in [5, 5.41) is 10.6. The lowest BCUT2D eigenvalue weighted by atomic mass is 10.1. The van der Waals surface area contributed by atoms with E-state index in [0.29, 0.717) is 17.3 Å². The normalized spacial score (nSPS) is 10.2. The molecule has 2 rings (SSSR count). The summed E-state index contributed by atoms with van der Waals surface area (Å²) in [6, 6.07) is 8.90. The van der Waals surface area contributed by atoms with Gasteiger partial charge in [-0.3, -0.25) is 10.1 Å². The topological polar surface area (TPSA) is 77.7 Å². The zero-order chi connectivity index (χ0) is 16.8. The molecular weight excluding hydrogens is 298 g/mol. The SMILES string of the molecule is COc1ccc(CCN(C)c2ccc([N+](=O)[O-])cn2)cc1OC. The maximum atomic E-state index is 10.6. The van der Waals surface area contributed by atoms with Crippen LogP contribution in [0.5, 0.6) is 11.5 Å². The van der Waals surface area contributed by atoms with Gasteiger partial charge in [-0.25, -0.2) is 4.98 Å². The molecule has 7 heteroatoms. The van der Waals surface area contributed by atoms with Crippen molar-refractivity contribution in [1.82, 2.24) is 4.98 Å². The van der Waals surface area contributed by atoms with Crippen LogP contribution in [0.25, 0.3) is 0 Å². The van der Waals surface area contributed by atoms with Gasteiger partial charge in [0.25, 0.3) is 5.69 Å². The first-order valence-electron chi connectivity index (χ1n) is 7.07. The summed E-state index contributed by atoms with van der Waals surface area (Å²) in [7, 11) is 5.11. The lowest BCUT2D eigenvalue weighted by Crippen LogP contribution is -2.21. The average molecular weight is 317 g/mol. The van der Waals surface area contributed by atoms with Crippen LogP contribution in [0, 0.1) is 10.1 Å². The third-order valence-corrected chi connectivity index (χ3v) is 3.52. The van der Waals surface area contributed by atoms with E-state index in [-0.39, 0.29) is 5.69 Å². The van der Waals surface area contributed by atoms with Gasteiger partial charge in [-0.15, -0.1) is 0 Å². The maximum absolute atomic E-state index is 10.6. The number of nitro groups is 1. The van der Waals surface area contributed by atoms with Crippen LogP contribution in [-0.4, -0.2) is 37.7 Å². The molecule has 0 N–H and O–H groups in total. The second kappa shape index (κ2) is 7.44. The lowest BCUT2D eigenvalue weighted by molar-refractivity contribution is -0.385. The molecule has 0 aliphatic heterocycles. The molecule has 0 atom stereocenters. The lowest BCUT2D eigenvalue weighted by Gasteiger charge is -2.18. The van der Waals surface area contributed by atoms with Crippen molar-refractivity contribution >= 4 is 11.5 Å². The van der Waals surface area contributed by atoms with E-state index < -0.39 is 4.92 Å². The molecule has 122 valence electrons. The van der Waals surface area contributed by atoms with Crippen molar-refractivity contribution in [3.63, 3.8) is 0 Å². The number of methoxy groups -OCH3 is 2. The van der Waals surface area contributed by atoms with Gasteiger partial charge in [0.05, 0.1) is 19.1 Å². The highest BCUT2D eigenvalue weighted by atomic mass is 16.6. The minimum absolute atomic E-state index is 0.0120. The van der Waals surface area contributed by atoms with Crippen LogP contribution in [0.1, 0.15) is 5.56 Å². The molecule has 0 aliphatic rings. The molecule has 0 spiro atoms. The van der Waals surface area contributed by atoms with Gasteiger partial charge in [-0.1, -0.05) is 6.07 Å². The number of ether oxygens (including phenoxy) is 2. The number of hydrogen-bond donors (Lipinski definition) is 0. The predicted octanol–water partition coefficient (Wildman–Crippen LogP) is 2.69. The number of aromatic nitrogens is 1. The molecule has 1 heterocycles. The van der Waals surface area contributed by atoms with Crippen LogP contribution < -0.4 is 14.4 Å². The molecule has 2 aromatic rings. The van der Waals surface area contributed by atoms with Gasteiger partial charge >= 0.3 is 0 Å². The summed E-state index contributed by atoms with van der Waals surface area (Å²) >= 11 is 0. The van der Waals surface area contributed by atoms with Crippen LogP contribution in [0.15, 0.2) is 36.5 Å². The summed E-state index contributed by atoms with van der Waals surface area (Å²) in [4.78, 5) is 16.2. The van der Waals surface area contributed by atoms with E-state index in [1.165, 1.54) is 12.3 Å². The van der Waals surface area contributed by atoms with E-state index >= 15 is 0 Å². The predicted molar refractivity (Wildman–Crippen MR) is 87.4 cm³/mol. The second-order valence-corrected chi connectivity index (χ2v) is 4.99. The minimum Gasteiger partial charge on any atom is -0.493 e. The third-order valence-electron chi connectivity index (χ3n) is 3.52. The van der Waals surface area contributed by atoms with Crippen LogP contribution in [0.2, 0.25) is 0 Å². The number of hydrogen-bond acceptors (Lipinski definition) is 6. The molecule has 0 unspecified atom stereocenters. The Balaban J connectivity index is 2.01. The van der Waals surface area contributed by atoms with Crippen molar-refractivity contribution in [3.8, 4) is 11.5 Å². The van der Waals surface area contributed by atoms with Gasteiger partial charge in [-0.2, -0.15) is 0 Å².